The molecular formula is C16H23BrN2O3. The van der Waals surface area contributed by atoms with Crippen molar-refractivity contribution >= 4 is 22.0 Å². The van der Waals surface area contributed by atoms with Gasteiger partial charge in [0.25, 0.3) is 0 Å². The van der Waals surface area contributed by atoms with Gasteiger partial charge in [-0.15, -0.1) is 0 Å². The minimum absolute atomic E-state index is 0.0424. The number of ether oxygens (including phenoxy) is 2. The molecule has 1 aromatic carbocycles. The number of benzene rings is 1. The van der Waals surface area contributed by atoms with E-state index in [0.717, 1.165) is 4.47 Å². The summed E-state index contributed by atoms with van der Waals surface area (Å²) in [6, 6.07) is 8.38. The Hall–Kier alpha value is -1.11. The number of morpholine rings is 1. The maximum atomic E-state index is 11.6. The van der Waals surface area contributed by atoms with Crippen molar-refractivity contribution in [1.82, 2.24) is 10.6 Å². The van der Waals surface area contributed by atoms with Crippen LogP contribution in [0.1, 0.15) is 32.4 Å². The van der Waals surface area contributed by atoms with Crippen LogP contribution in [0.25, 0.3) is 0 Å². The third-order valence-corrected chi connectivity index (χ3v) is 3.76. The second-order valence-electron chi connectivity index (χ2n) is 6.35. The third kappa shape index (κ3) is 5.59. The summed E-state index contributed by atoms with van der Waals surface area (Å²) in [7, 11) is 0. The van der Waals surface area contributed by atoms with Crippen molar-refractivity contribution in [3.63, 3.8) is 0 Å². The molecule has 1 aromatic rings. The first-order valence-electron chi connectivity index (χ1n) is 7.41. The monoisotopic (exact) mass is 370 g/mol. The van der Waals surface area contributed by atoms with Gasteiger partial charge in [0, 0.05) is 17.6 Å². The molecule has 6 heteroatoms. The number of halogens is 1. The Labute approximate surface area is 139 Å². The first-order chi connectivity index (χ1) is 10.3. The van der Waals surface area contributed by atoms with E-state index in [-0.39, 0.29) is 12.1 Å². The zero-order valence-corrected chi connectivity index (χ0v) is 14.8. The van der Waals surface area contributed by atoms with E-state index in [9.17, 15) is 4.79 Å². The number of nitrogens with one attached hydrogen (secondary N) is 2. The quantitative estimate of drug-likeness (QED) is 0.858. The summed E-state index contributed by atoms with van der Waals surface area (Å²) in [4.78, 5) is 11.6. The molecule has 1 heterocycles. The number of amides is 1. The molecule has 0 radical (unpaired) electrons. The van der Waals surface area contributed by atoms with Crippen LogP contribution in [0.5, 0.6) is 0 Å². The molecule has 22 heavy (non-hydrogen) atoms. The number of carbonyl (C=O) groups is 1. The Bertz CT molecular complexity index is 491. The van der Waals surface area contributed by atoms with Gasteiger partial charge >= 0.3 is 6.09 Å². The van der Waals surface area contributed by atoms with E-state index < -0.39 is 11.7 Å². The van der Waals surface area contributed by atoms with Crippen molar-refractivity contribution in [1.29, 1.82) is 0 Å². The number of alkyl carbamates (subject to hydrolysis) is 1. The molecule has 1 aliphatic heterocycles. The highest BCUT2D eigenvalue weighted by Gasteiger charge is 2.23. The predicted molar refractivity (Wildman–Crippen MR) is 88.9 cm³/mol. The third-order valence-electron chi connectivity index (χ3n) is 3.24. The fraction of sp³-hybridized carbons (Fsp3) is 0.562. The maximum Gasteiger partial charge on any atom is 0.407 e. The van der Waals surface area contributed by atoms with Crippen LogP contribution in [0, 0.1) is 0 Å². The summed E-state index contributed by atoms with van der Waals surface area (Å²) in [6.45, 7) is 7.24. The largest absolute Gasteiger partial charge is 0.444 e. The fourth-order valence-electron chi connectivity index (χ4n) is 2.18. The van der Waals surface area contributed by atoms with E-state index in [4.69, 9.17) is 9.47 Å². The van der Waals surface area contributed by atoms with Gasteiger partial charge in [-0.3, -0.25) is 0 Å². The second-order valence-corrected chi connectivity index (χ2v) is 7.27. The highest BCUT2D eigenvalue weighted by molar-refractivity contribution is 9.10. The molecule has 0 spiro atoms. The highest BCUT2D eigenvalue weighted by Crippen LogP contribution is 2.20. The van der Waals surface area contributed by atoms with Crippen molar-refractivity contribution in [2.75, 3.05) is 19.7 Å². The summed E-state index contributed by atoms with van der Waals surface area (Å²) in [5, 5.41) is 6.18. The van der Waals surface area contributed by atoms with Crippen LogP contribution >= 0.6 is 15.9 Å². The normalized spacial score (nSPS) is 22.2. The Kier molecular flexibility index (Phi) is 5.83. The minimum atomic E-state index is -0.484. The molecule has 1 amide bonds. The zero-order chi connectivity index (χ0) is 16.2. The predicted octanol–water partition coefficient (Wildman–Crippen LogP) is 3.00. The topological polar surface area (TPSA) is 59.6 Å². The van der Waals surface area contributed by atoms with Crippen LogP contribution in [0.2, 0.25) is 0 Å². The zero-order valence-electron chi connectivity index (χ0n) is 13.2. The molecule has 2 atom stereocenters. The number of hydrogen-bond donors (Lipinski definition) is 2. The number of rotatable bonds is 3. The molecule has 0 aromatic heterocycles. The number of carbonyl (C=O) groups excluding carboxylic acids is 1. The summed E-state index contributed by atoms with van der Waals surface area (Å²) < 4.78 is 12.1. The van der Waals surface area contributed by atoms with Crippen LogP contribution in [-0.4, -0.2) is 37.5 Å². The van der Waals surface area contributed by atoms with E-state index in [1.807, 2.05) is 32.9 Å². The van der Waals surface area contributed by atoms with Crippen LogP contribution in [-0.2, 0) is 9.47 Å². The molecule has 122 valence electrons. The Balaban J connectivity index is 1.73. The van der Waals surface area contributed by atoms with Gasteiger partial charge in [0.15, 0.2) is 0 Å². The molecule has 1 saturated heterocycles. The van der Waals surface area contributed by atoms with Gasteiger partial charge in [0.2, 0.25) is 0 Å². The van der Waals surface area contributed by atoms with Crippen molar-refractivity contribution in [2.45, 2.75) is 38.5 Å². The fourth-order valence-corrected chi connectivity index (χ4v) is 2.44. The van der Waals surface area contributed by atoms with Gasteiger partial charge in [0.1, 0.15) is 5.60 Å². The Morgan fingerprint density at radius 3 is 2.64 bits per heavy atom. The van der Waals surface area contributed by atoms with Crippen LogP contribution < -0.4 is 10.6 Å². The molecule has 2 N–H and O–H groups in total. The lowest BCUT2D eigenvalue weighted by atomic mass is 10.1. The molecule has 0 aliphatic carbocycles. The lowest BCUT2D eigenvalue weighted by Crippen LogP contribution is -2.47. The van der Waals surface area contributed by atoms with E-state index >= 15 is 0 Å². The van der Waals surface area contributed by atoms with Gasteiger partial charge in [-0.05, 0) is 38.5 Å². The minimum Gasteiger partial charge on any atom is -0.444 e. The van der Waals surface area contributed by atoms with E-state index in [1.54, 1.807) is 0 Å². The van der Waals surface area contributed by atoms with Crippen molar-refractivity contribution < 1.29 is 14.3 Å². The maximum absolute atomic E-state index is 11.6. The first kappa shape index (κ1) is 17.2. The van der Waals surface area contributed by atoms with Gasteiger partial charge in [-0.2, -0.15) is 0 Å². The molecule has 1 aliphatic rings. The van der Waals surface area contributed by atoms with Gasteiger partial charge in [-0.1, -0.05) is 28.1 Å². The van der Waals surface area contributed by atoms with Crippen molar-refractivity contribution in [2.24, 2.45) is 0 Å². The van der Waals surface area contributed by atoms with Crippen LogP contribution in [0.4, 0.5) is 4.79 Å². The van der Waals surface area contributed by atoms with Crippen LogP contribution in [0.3, 0.4) is 0 Å². The molecule has 5 nitrogen and oxygen atoms in total. The standard InChI is InChI=1S/C16H23BrN2O3/c1-16(2,3)22-15(20)19-9-13-8-18-14(10-21-13)11-4-6-12(17)7-5-11/h4-7,13-14,18H,8-10H2,1-3H3,(H,19,20)/t13-,14?/m1/s1. The summed E-state index contributed by atoms with van der Waals surface area (Å²) in [5.74, 6) is 0. The van der Waals surface area contributed by atoms with Gasteiger partial charge in [0.05, 0.1) is 18.8 Å². The SMILES string of the molecule is CC(C)(C)OC(=O)NC[C@H]1CNC(c2ccc(Br)cc2)CO1. The Morgan fingerprint density at radius 2 is 2.09 bits per heavy atom. The Morgan fingerprint density at radius 1 is 1.41 bits per heavy atom. The lowest BCUT2D eigenvalue weighted by molar-refractivity contribution is 0.000670. The molecule has 2 rings (SSSR count). The van der Waals surface area contributed by atoms with E-state index in [2.05, 4.69) is 38.7 Å². The summed E-state index contributed by atoms with van der Waals surface area (Å²) in [6.07, 6.45) is -0.453. The molecule has 0 bridgehead atoms. The van der Waals surface area contributed by atoms with Crippen LogP contribution in [0.15, 0.2) is 28.7 Å². The van der Waals surface area contributed by atoms with Crippen molar-refractivity contribution in [3.8, 4) is 0 Å². The van der Waals surface area contributed by atoms with Crippen molar-refractivity contribution in [3.05, 3.63) is 34.3 Å². The molecule has 0 saturated carbocycles. The smallest absolute Gasteiger partial charge is 0.407 e. The van der Waals surface area contributed by atoms with E-state index in [1.165, 1.54) is 5.56 Å². The first-order valence-corrected chi connectivity index (χ1v) is 8.20. The average molecular weight is 371 g/mol. The van der Waals surface area contributed by atoms with Gasteiger partial charge < -0.3 is 20.1 Å². The second kappa shape index (κ2) is 7.44. The number of hydrogen-bond acceptors (Lipinski definition) is 4. The molecular weight excluding hydrogens is 348 g/mol. The summed E-state index contributed by atoms with van der Waals surface area (Å²) in [5.41, 5.74) is 0.712. The summed E-state index contributed by atoms with van der Waals surface area (Å²) >= 11 is 3.43. The van der Waals surface area contributed by atoms with E-state index in [0.29, 0.717) is 19.7 Å². The lowest BCUT2D eigenvalue weighted by Gasteiger charge is -2.31. The highest BCUT2D eigenvalue weighted by atomic mass is 79.9. The molecule has 1 fully saturated rings. The molecule has 1 unspecified atom stereocenters. The van der Waals surface area contributed by atoms with Gasteiger partial charge in [-0.25, -0.2) is 4.79 Å². The average Bonchev–Trinajstić information content (AvgIpc) is 2.45.